The first-order valence-electron chi connectivity index (χ1n) is 7.30. The summed E-state index contributed by atoms with van der Waals surface area (Å²) in [4.78, 5) is 18.2. The lowest BCUT2D eigenvalue weighted by Gasteiger charge is -2.16. The van der Waals surface area contributed by atoms with Crippen molar-refractivity contribution in [2.75, 3.05) is 5.73 Å². The van der Waals surface area contributed by atoms with E-state index >= 15 is 0 Å². The van der Waals surface area contributed by atoms with Crippen LogP contribution in [0.25, 0.3) is 11.1 Å². The highest BCUT2D eigenvalue weighted by Crippen LogP contribution is 2.30. The third-order valence-electron chi connectivity index (χ3n) is 3.56. The zero-order valence-corrected chi connectivity index (χ0v) is 12.7. The number of hydrogen-bond acceptors (Lipinski definition) is 4. The van der Waals surface area contributed by atoms with E-state index in [4.69, 9.17) is 10.5 Å². The first-order valence-corrected chi connectivity index (χ1v) is 7.30. The Bertz CT molecular complexity index is 859. The molecular weight excluding hydrogens is 290 g/mol. The quantitative estimate of drug-likeness (QED) is 0.776. The highest BCUT2D eigenvalue weighted by atomic mass is 16.5. The van der Waals surface area contributed by atoms with Crippen molar-refractivity contribution in [2.45, 2.75) is 13.0 Å². The van der Waals surface area contributed by atoms with Crippen LogP contribution in [-0.4, -0.2) is 9.97 Å². The molecule has 0 bridgehead atoms. The third-order valence-corrected chi connectivity index (χ3v) is 3.56. The molecule has 3 N–H and O–H groups in total. The van der Waals surface area contributed by atoms with Gasteiger partial charge in [0.1, 0.15) is 6.10 Å². The van der Waals surface area contributed by atoms with Gasteiger partial charge in [0.15, 0.2) is 11.6 Å². The van der Waals surface area contributed by atoms with E-state index in [1.165, 1.54) is 6.07 Å². The van der Waals surface area contributed by atoms with Gasteiger partial charge in [-0.2, -0.15) is 0 Å². The Morgan fingerprint density at radius 1 is 1.13 bits per heavy atom. The summed E-state index contributed by atoms with van der Waals surface area (Å²) in [5.74, 6) is 0.820. The first-order chi connectivity index (χ1) is 11.1. The van der Waals surface area contributed by atoms with E-state index in [2.05, 4.69) is 9.97 Å². The number of ether oxygens (including phenoxy) is 1. The zero-order valence-electron chi connectivity index (χ0n) is 12.7. The van der Waals surface area contributed by atoms with Crippen molar-refractivity contribution in [3.05, 3.63) is 76.8 Å². The fourth-order valence-electron chi connectivity index (χ4n) is 2.31. The molecule has 0 aliphatic heterocycles. The summed E-state index contributed by atoms with van der Waals surface area (Å²) in [6.07, 6.45) is 3.07. The van der Waals surface area contributed by atoms with Crippen molar-refractivity contribution in [2.24, 2.45) is 0 Å². The molecule has 0 aliphatic carbocycles. The summed E-state index contributed by atoms with van der Waals surface area (Å²) in [5, 5.41) is 0. The summed E-state index contributed by atoms with van der Waals surface area (Å²) in [6.45, 7) is 1.95. The minimum Gasteiger partial charge on any atom is -0.482 e. The van der Waals surface area contributed by atoms with Crippen LogP contribution < -0.4 is 16.0 Å². The van der Waals surface area contributed by atoms with Crippen molar-refractivity contribution in [1.29, 1.82) is 0 Å². The number of benzene rings is 1. The van der Waals surface area contributed by atoms with E-state index < -0.39 is 0 Å². The van der Waals surface area contributed by atoms with Gasteiger partial charge in [-0.15, -0.1) is 0 Å². The Morgan fingerprint density at radius 2 is 1.91 bits per heavy atom. The number of aromatic amines is 1. The van der Waals surface area contributed by atoms with Gasteiger partial charge in [0.05, 0.1) is 0 Å². The van der Waals surface area contributed by atoms with Crippen LogP contribution >= 0.6 is 0 Å². The lowest BCUT2D eigenvalue weighted by molar-refractivity contribution is 0.228. The second-order valence-corrected chi connectivity index (χ2v) is 5.22. The SMILES string of the molecule is CC(Oc1cc(-c2cc[nH]c(=O)c2)cnc1N)c1ccccc1. The molecule has 0 saturated heterocycles. The van der Waals surface area contributed by atoms with Gasteiger partial charge in [-0.1, -0.05) is 30.3 Å². The molecule has 116 valence electrons. The van der Waals surface area contributed by atoms with Crippen LogP contribution in [0.5, 0.6) is 5.75 Å². The van der Waals surface area contributed by atoms with Crippen molar-refractivity contribution in [3.8, 4) is 16.9 Å². The highest BCUT2D eigenvalue weighted by molar-refractivity contribution is 5.66. The van der Waals surface area contributed by atoms with Gasteiger partial charge < -0.3 is 15.5 Å². The predicted octanol–water partition coefficient (Wildman–Crippen LogP) is 3.16. The number of nitrogens with one attached hydrogen (secondary N) is 1. The number of nitrogens with zero attached hydrogens (tertiary/aromatic N) is 1. The monoisotopic (exact) mass is 307 g/mol. The predicted molar refractivity (Wildman–Crippen MR) is 90.2 cm³/mol. The minimum atomic E-state index is -0.167. The molecule has 0 radical (unpaired) electrons. The highest BCUT2D eigenvalue weighted by Gasteiger charge is 2.11. The second-order valence-electron chi connectivity index (χ2n) is 5.22. The van der Waals surface area contributed by atoms with Gasteiger partial charge in [0, 0.05) is 24.0 Å². The van der Waals surface area contributed by atoms with Crippen LogP contribution in [0.3, 0.4) is 0 Å². The number of nitrogens with two attached hydrogens (primary N) is 1. The van der Waals surface area contributed by atoms with Crippen LogP contribution in [0, 0.1) is 0 Å². The maximum absolute atomic E-state index is 11.4. The molecule has 5 nitrogen and oxygen atoms in total. The summed E-state index contributed by atoms with van der Waals surface area (Å²) < 4.78 is 5.95. The summed E-state index contributed by atoms with van der Waals surface area (Å²) >= 11 is 0. The molecule has 3 rings (SSSR count). The zero-order chi connectivity index (χ0) is 16.2. The Kier molecular flexibility index (Phi) is 4.10. The molecule has 1 atom stereocenters. The Labute approximate surface area is 133 Å². The lowest BCUT2D eigenvalue weighted by Crippen LogP contribution is -2.06. The maximum Gasteiger partial charge on any atom is 0.248 e. The van der Waals surface area contributed by atoms with Crippen molar-refractivity contribution in [3.63, 3.8) is 0 Å². The van der Waals surface area contributed by atoms with Gasteiger partial charge in [-0.3, -0.25) is 4.79 Å². The summed E-state index contributed by atoms with van der Waals surface area (Å²) in [5.41, 5.74) is 8.34. The minimum absolute atomic E-state index is 0.158. The second kappa shape index (κ2) is 6.36. The molecule has 0 amide bonds. The number of aromatic nitrogens is 2. The van der Waals surface area contributed by atoms with Crippen LogP contribution in [0.2, 0.25) is 0 Å². The number of pyridine rings is 2. The number of hydrogen-bond donors (Lipinski definition) is 2. The van der Waals surface area contributed by atoms with E-state index in [-0.39, 0.29) is 11.7 Å². The average molecular weight is 307 g/mol. The van der Waals surface area contributed by atoms with Gasteiger partial charge in [0.25, 0.3) is 0 Å². The molecule has 0 spiro atoms. The van der Waals surface area contributed by atoms with E-state index in [1.54, 1.807) is 24.5 Å². The number of anilines is 1. The van der Waals surface area contributed by atoms with Gasteiger partial charge >= 0.3 is 0 Å². The topological polar surface area (TPSA) is 81.0 Å². The Balaban J connectivity index is 1.91. The fourth-order valence-corrected chi connectivity index (χ4v) is 2.31. The smallest absolute Gasteiger partial charge is 0.248 e. The molecule has 3 aromatic rings. The van der Waals surface area contributed by atoms with Crippen molar-refractivity contribution < 1.29 is 4.74 Å². The van der Waals surface area contributed by atoms with E-state index in [0.717, 1.165) is 16.7 Å². The van der Waals surface area contributed by atoms with E-state index in [9.17, 15) is 4.79 Å². The molecule has 2 aromatic heterocycles. The van der Waals surface area contributed by atoms with Crippen LogP contribution in [0.4, 0.5) is 5.82 Å². The largest absolute Gasteiger partial charge is 0.482 e. The molecule has 0 fully saturated rings. The van der Waals surface area contributed by atoms with Crippen molar-refractivity contribution in [1.82, 2.24) is 9.97 Å². The lowest BCUT2D eigenvalue weighted by atomic mass is 10.1. The summed E-state index contributed by atoms with van der Waals surface area (Å²) in [7, 11) is 0. The van der Waals surface area contributed by atoms with Crippen LogP contribution in [0.15, 0.2) is 65.7 Å². The Hall–Kier alpha value is -3.08. The normalized spacial score (nSPS) is 11.9. The van der Waals surface area contributed by atoms with Crippen LogP contribution in [0.1, 0.15) is 18.6 Å². The molecule has 23 heavy (non-hydrogen) atoms. The van der Waals surface area contributed by atoms with Gasteiger partial charge in [-0.05, 0) is 30.2 Å². The third kappa shape index (κ3) is 3.40. The molecule has 1 unspecified atom stereocenters. The number of nitrogen functional groups attached to an aromatic ring is 1. The van der Waals surface area contributed by atoms with Crippen molar-refractivity contribution >= 4 is 5.82 Å². The van der Waals surface area contributed by atoms with E-state index in [1.807, 2.05) is 37.3 Å². The maximum atomic E-state index is 11.4. The summed E-state index contributed by atoms with van der Waals surface area (Å²) in [6, 6.07) is 15.0. The number of H-pyrrole nitrogens is 1. The molecule has 0 saturated carbocycles. The van der Waals surface area contributed by atoms with E-state index in [0.29, 0.717) is 11.6 Å². The average Bonchev–Trinajstić information content (AvgIpc) is 2.57. The first kappa shape index (κ1) is 14.8. The molecule has 2 heterocycles. The van der Waals surface area contributed by atoms with Gasteiger partial charge in [0.2, 0.25) is 5.56 Å². The number of rotatable bonds is 4. The molecule has 1 aromatic carbocycles. The molecule has 0 aliphatic rings. The van der Waals surface area contributed by atoms with Gasteiger partial charge in [-0.25, -0.2) is 4.98 Å². The molecule has 5 heteroatoms. The Morgan fingerprint density at radius 3 is 2.65 bits per heavy atom. The molecular formula is C18H17N3O2. The standard InChI is InChI=1S/C18H17N3O2/c1-12(13-5-3-2-4-6-13)23-16-9-15(11-21-18(16)19)14-7-8-20-17(22)10-14/h2-12H,1H3,(H2,19,21)(H,20,22). The fraction of sp³-hybridized carbons (Fsp3) is 0.111. The van der Waals surface area contributed by atoms with Crippen LogP contribution in [-0.2, 0) is 0 Å².